The van der Waals surface area contributed by atoms with Crippen molar-refractivity contribution in [1.29, 1.82) is 0 Å². The van der Waals surface area contributed by atoms with Gasteiger partial charge in [-0.15, -0.1) is 6.58 Å². The molecule has 1 aliphatic rings. The van der Waals surface area contributed by atoms with E-state index in [1.807, 2.05) is 0 Å². The summed E-state index contributed by atoms with van der Waals surface area (Å²) in [6, 6.07) is 0. The predicted octanol–water partition coefficient (Wildman–Crippen LogP) is 9.31. The Morgan fingerprint density at radius 1 is 0.815 bits per heavy atom. The van der Waals surface area contributed by atoms with E-state index in [-0.39, 0.29) is 0 Å². The minimum absolute atomic E-state index is 0.341. The summed E-state index contributed by atoms with van der Waals surface area (Å²) < 4.78 is 0. The van der Waals surface area contributed by atoms with Crippen LogP contribution in [0.2, 0.25) is 33.7 Å². The van der Waals surface area contributed by atoms with E-state index in [2.05, 4.69) is 102 Å². The van der Waals surface area contributed by atoms with Crippen molar-refractivity contribution < 1.29 is 0 Å². The molecule has 1 rings (SSSR count). The average molecular weight is 407 g/mol. The first-order valence-corrected chi connectivity index (χ1v) is 16.2. The van der Waals surface area contributed by atoms with Crippen LogP contribution in [-0.4, -0.2) is 16.1 Å². The molecule has 0 N–H and O–H groups in total. The van der Waals surface area contributed by atoms with Crippen LogP contribution in [0.1, 0.15) is 95.4 Å². The van der Waals surface area contributed by atoms with Crippen molar-refractivity contribution in [3.63, 3.8) is 0 Å². The molecule has 158 valence electrons. The molecule has 1 aliphatic carbocycles. The first-order valence-electron chi connectivity index (χ1n) is 11.1. The second kappa shape index (κ2) is 7.63. The number of hydrogen-bond donors (Lipinski definition) is 0. The van der Waals surface area contributed by atoms with Gasteiger partial charge in [0.05, 0.1) is 16.1 Å². The Bertz CT molecular complexity index is 537. The van der Waals surface area contributed by atoms with Crippen molar-refractivity contribution in [3.05, 3.63) is 23.0 Å². The van der Waals surface area contributed by atoms with Gasteiger partial charge in [0.25, 0.3) is 0 Å². The van der Waals surface area contributed by atoms with Crippen molar-refractivity contribution in [1.82, 2.24) is 0 Å². The summed E-state index contributed by atoms with van der Waals surface area (Å²) in [6.07, 6.45) is 6.95. The van der Waals surface area contributed by atoms with E-state index in [1.54, 1.807) is 5.20 Å². The Hall–Kier alpha value is -0.0862. The van der Waals surface area contributed by atoms with Crippen molar-refractivity contribution in [2.24, 2.45) is 5.92 Å². The predicted molar refractivity (Wildman–Crippen MR) is 132 cm³/mol. The Morgan fingerprint density at radius 3 is 1.56 bits per heavy atom. The van der Waals surface area contributed by atoms with Gasteiger partial charge < -0.3 is 0 Å². The lowest BCUT2D eigenvalue weighted by Gasteiger charge is -2.60. The van der Waals surface area contributed by atoms with Crippen molar-refractivity contribution in [2.75, 3.05) is 0 Å². The molecule has 1 fully saturated rings. The SMILES string of the molecule is C=C(C)[Si](C)(C)C1CCC(/C=C(\C)[Si](C(C)(C)C)(C(C)(C)C)C(C)(C)C)C1. The Balaban J connectivity index is 3.37. The van der Waals surface area contributed by atoms with Gasteiger partial charge in [-0.25, -0.2) is 0 Å². The van der Waals surface area contributed by atoms with Crippen molar-refractivity contribution >= 4 is 16.1 Å². The van der Waals surface area contributed by atoms with Crippen LogP contribution in [-0.2, 0) is 0 Å². The van der Waals surface area contributed by atoms with Gasteiger partial charge in [0, 0.05) is 0 Å². The van der Waals surface area contributed by atoms with Gasteiger partial charge in [-0.05, 0) is 53.3 Å². The fourth-order valence-electron chi connectivity index (χ4n) is 7.80. The van der Waals surface area contributed by atoms with Crippen LogP contribution in [0.25, 0.3) is 0 Å². The van der Waals surface area contributed by atoms with E-state index < -0.39 is 16.1 Å². The standard InChI is InChI=1S/C25H50Si2/c1-19(2)26(13,14)22-16-15-21(18-22)17-20(3)27(23(4,5)6,24(7,8)9)25(10,11)12/h17,21-22H,1,15-16,18H2,2-14H3/b20-17+. The molecule has 0 spiro atoms. The smallest absolute Gasteiger partial charge is 0.0966 e. The monoisotopic (exact) mass is 406 g/mol. The van der Waals surface area contributed by atoms with Crippen LogP contribution in [0.4, 0.5) is 0 Å². The number of hydrogen-bond acceptors (Lipinski definition) is 0. The van der Waals surface area contributed by atoms with Crippen LogP contribution in [0.15, 0.2) is 23.0 Å². The zero-order valence-corrected chi connectivity index (χ0v) is 23.1. The van der Waals surface area contributed by atoms with E-state index >= 15 is 0 Å². The maximum atomic E-state index is 4.35. The van der Waals surface area contributed by atoms with Crippen LogP contribution in [0.5, 0.6) is 0 Å². The molecule has 0 saturated heterocycles. The lowest BCUT2D eigenvalue weighted by Crippen LogP contribution is -2.59. The van der Waals surface area contributed by atoms with E-state index in [0.29, 0.717) is 15.1 Å². The lowest BCUT2D eigenvalue weighted by atomic mass is 10.1. The maximum Gasteiger partial charge on any atom is 0.0966 e. The van der Waals surface area contributed by atoms with Gasteiger partial charge >= 0.3 is 0 Å². The third-order valence-electron chi connectivity index (χ3n) is 8.05. The maximum absolute atomic E-state index is 4.35. The lowest BCUT2D eigenvalue weighted by molar-refractivity contribution is 0.538. The van der Waals surface area contributed by atoms with E-state index in [0.717, 1.165) is 11.5 Å². The summed E-state index contributed by atoms with van der Waals surface area (Å²) in [4.78, 5) is 0. The first kappa shape index (κ1) is 25.0. The van der Waals surface area contributed by atoms with Gasteiger partial charge in [-0.2, -0.15) is 0 Å². The summed E-state index contributed by atoms with van der Waals surface area (Å²) in [6.45, 7) is 36.8. The summed E-state index contributed by atoms with van der Waals surface area (Å²) in [5.74, 6) is 0.778. The van der Waals surface area contributed by atoms with Gasteiger partial charge in [-0.3, -0.25) is 0 Å². The van der Waals surface area contributed by atoms with Crippen molar-refractivity contribution in [2.45, 2.75) is 129 Å². The minimum Gasteiger partial charge on any atom is -0.104 e. The molecule has 0 aromatic rings. The molecule has 0 aromatic carbocycles. The van der Waals surface area contributed by atoms with Crippen LogP contribution < -0.4 is 0 Å². The second-order valence-corrected chi connectivity index (χ2v) is 25.0. The highest BCUT2D eigenvalue weighted by Gasteiger charge is 2.60. The fourth-order valence-corrected chi connectivity index (χ4v) is 21.1. The third kappa shape index (κ3) is 4.42. The molecule has 2 atom stereocenters. The minimum atomic E-state index is -1.81. The normalized spacial score (nSPS) is 23.7. The summed E-state index contributed by atoms with van der Waals surface area (Å²) in [5.41, 5.74) is 0.916. The molecule has 27 heavy (non-hydrogen) atoms. The Labute approximate surface area is 174 Å². The quantitative estimate of drug-likeness (QED) is 0.408. The molecule has 0 heterocycles. The molecule has 0 amide bonds. The highest BCUT2D eigenvalue weighted by molar-refractivity contribution is 6.93. The topological polar surface area (TPSA) is 0 Å². The molecule has 0 nitrogen and oxygen atoms in total. The van der Waals surface area contributed by atoms with E-state index in [9.17, 15) is 0 Å². The van der Waals surface area contributed by atoms with Crippen LogP contribution in [0.3, 0.4) is 0 Å². The van der Waals surface area contributed by atoms with Gasteiger partial charge in [0.2, 0.25) is 0 Å². The molecular weight excluding hydrogens is 356 g/mol. The molecule has 1 saturated carbocycles. The molecule has 0 aromatic heterocycles. The van der Waals surface area contributed by atoms with Crippen molar-refractivity contribution in [3.8, 4) is 0 Å². The Kier molecular flexibility index (Phi) is 7.05. The van der Waals surface area contributed by atoms with Crippen LogP contribution >= 0.6 is 0 Å². The fraction of sp³-hybridized carbons (Fsp3) is 0.840. The largest absolute Gasteiger partial charge is 0.104 e. The molecular formula is C25H50Si2. The summed E-state index contributed by atoms with van der Waals surface area (Å²) >= 11 is 0. The molecule has 0 aliphatic heterocycles. The van der Waals surface area contributed by atoms with Gasteiger partial charge in [0.1, 0.15) is 0 Å². The van der Waals surface area contributed by atoms with Crippen LogP contribution in [0, 0.1) is 5.92 Å². The first-order chi connectivity index (χ1) is 11.8. The number of rotatable bonds is 4. The zero-order valence-electron chi connectivity index (χ0n) is 21.1. The Morgan fingerprint density at radius 2 is 1.22 bits per heavy atom. The third-order valence-corrected chi connectivity index (χ3v) is 20.9. The molecule has 0 bridgehead atoms. The van der Waals surface area contributed by atoms with E-state index in [1.165, 1.54) is 24.5 Å². The summed E-state index contributed by atoms with van der Waals surface area (Å²) in [5, 5.41) is 4.27. The highest BCUT2D eigenvalue weighted by atomic mass is 28.3. The van der Waals surface area contributed by atoms with E-state index in [4.69, 9.17) is 0 Å². The zero-order chi connectivity index (χ0) is 21.6. The molecule has 2 unspecified atom stereocenters. The summed E-state index contributed by atoms with van der Waals surface area (Å²) in [7, 11) is -3.11. The highest BCUT2D eigenvalue weighted by Crippen LogP contribution is 2.65. The molecule has 2 heteroatoms. The second-order valence-electron chi connectivity index (χ2n) is 13.1. The van der Waals surface area contributed by atoms with Gasteiger partial charge in [0.15, 0.2) is 0 Å². The van der Waals surface area contributed by atoms with Gasteiger partial charge in [-0.1, -0.05) is 98.3 Å². The average Bonchev–Trinajstić information content (AvgIpc) is 2.82. The molecule has 0 radical (unpaired) electrons. The number of allylic oxidation sites excluding steroid dienone is 3.